The van der Waals surface area contributed by atoms with Gasteiger partial charge in [-0.15, -0.1) is 0 Å². The smallest absolute Gasteiger partial charge is 0.251 e. The van der Waals surface area contributed by atoms with Gasteiger partial charge in [-0.1, -0.05) is 61.6 Å². The molecule has 170 valence electrons. The van der Waals surface area contributed by atoms with Crippen LogP contribution >= 0.6 is 0 Å². The number of rotatable bonds is 9. The third kappa shape index (κ3) is 5.95. The highest BCUT2D eigenvalue weighted by atomic mass is 19.1. The second-order valence-electron chi connectivity index (χ2n) is 8.12. The lowest BCUT2D eigenvalue weighted by atomic mass is 10.0. The molecule has 1 heterocycles. The monoisotopic (exact) mass is 443 g/mol. The van der Waals surface area contributed by atoms with Crippen LogP contribution in [0.5, 0.6) is 0 Å². The minimum atomic E-state index is -0.307. The van der Waals surface area contributed by atoms with Gasteiger partial charge in [-0.2, -0.15) is 5.10 Å². The first-order valence-electron chi connectivity index (χ1n) is 11.0. The molecule has 1 N–H and O–H groups in total. The Kier molecular flexibility index (Phi) is 7.78. The van der Waals surface area contributed by atoms with Crippen LogP contribution in [0.15, 0.2) is 79.5 Å². The summed E-state index contributed by atoms with van der Waals surface area (Å²) in [5.41, 5.74) is 6.94. The van der Waals surface area contributed by atoms with Crippen LogP contribution in [0.4, 0.5) is 4.39 Å². The van der Waals surface area contributed by atoms with Gasteiger partial charge in [-0.25, -0.2) is 9.07 Å². The van der Waals surface area contributed by atoms with Crippen LogP contribution in [-0.4, -0.2) is 15.7 Å². The Morgan fingerprint density at radius 3 is 2.39 bits per heavy atom. The number of nitrogens with one attached hydrogen (secondary N) is 1. The molecule has 5 heteroatoms. The minimum Gasteiger partial charge on any atom is -0.348 e. The van der Waals surface area contributed by atoms with Crippen LogP contribution < -0.4 is 5.32 Å². The number of halogens is 1. The molecule has 0 atom stereocenters. The van der Waals surface area contributed by atoms with E-state index in [1.165, 1.54) is 12.1 Å². The molecule has 0 saturated heterocycles. The second-order valence-corrected chi connectivity index (χ2v) is 8.12. The summed E-state index contributed by atoms with van der Waals surface area (Å²) in [4.78, 5) is 13.2. The Hall–Kier alpha value is -3.73. The Labute approximate surface area is 195 Å². The van der Waals surface area contributed by atoms with Crippen molar-refractivity contribution in [2.75, 3.05) is 0 Å². The molecule has 0 aliphatic heterocycles. The van der Waals surface area contributed by atoms with Crippen molar-refractivity contribution in [1.82, 2.24) is 15.1 Å². The van der Waals surface area contributed by atoms with Crippen molar-refractivity contribution in [2.24, 2.45) is 0 Å². The van der Waals surface area contributed by atoms with Gasteiger partial charge in [0.15, 0.2) is 0 Å². The van der Waals surface area contributed by atoms with Gasteiger partial charge in [-0.05, 0) is 62.1 Å². The topological polar surface area (TPSA) is 46.9 Å². The van der Waals surface area contributed by atoms with Gasteiger partial charge in [0.2, 0.25) is 0 Å². The largest absolute Gasteiger partial charge is 0.348 e. The standard InChI is InChI=1S/C28H30FN3O/c1-6-20(4)7-16-26(28(33)30-17-22-8-10-23(11-9-22)19(2)3)27-18-31-32(21(27)5)25-14-12-24(29)13-15-25/h8-16,18H,2,4,6-7,17H2,1,3,5H3,(H,30,33). The van der Waals surface area contributed by atoms with E-state index in [1.54, 1.807) is 23.0 Å². The lowest BCUT2D eigenvalue weighted by molar-refractivity contribution is -0.115. The van der Waals surface area contributed by atoms with Crippen LogP contribution in [-0.2, 0) is 11.3 Å². The number of hydrogen-bond donors (Lipinski definition) is 1. The second kappa shape index (κ2) is 10.7. The zero-order chi connectivity index (χ0) is 24.0. The summed E-state index contributed by atoms with van der Waals surface area (Å²) in [5, 5.41) is 7.48. The third-order valence-electron chi connectivity index (χ3n) is 5.61. The summed E-state index contributed by atoms with van der Waals surface area (Å²) in [6, 6.07) is 14.1. The molecule has 1 aromatic heterocycles. The quantitative estimate of drug-likeness (QED) is 0.307. The maximum absolute atomic E-state index is 13.3. The number of benzene rings is 2. The first-order chi connectivity index (χ1) is 15.8. The highest BCUT2D eigenvalue weighted by Crippen LogP contribution is 2.24. The molecule has 0 fully saturated rings. The molecule has 3 rings (SSSR count). The third-order valence-corrected chi connectivity index (χ3v) is 5.61. The molecule has 0 spiro atoms. The molecule has 2 aromatic carbocycles. The Morgan fingerprint density at radius 1 is 1.12 bits per heavy atom. The van der Waals surface area contributed by atoms with Crippen molar-refractivity contribution in [2.45, 2.75) is 40.2 Å². The number of allylic oxidation sites excluding steroid dienone is 3. The van der Waals surface area contributed by atoms with Crippen molar-refractivity contribution < 1.29 is 9.18 Å². The Morgan fingerprint density at radius 2 is 1.79 bits per heavy atom. The number of amides is 1. The zero-order valence-corrected chi connectivity index (χ0v) is 19.5. The van der Waals surface area contributed by atoms with Crippen LogP contribution in [0.25, 0.3) is 16.8 Å². The Bertz CT molecular complexity index is 1180. The van der Waals surface area contributed by atoms with Crippen molar-refractivity contribution in [3.63, 3.8) is 0 Å². The van der Waals surface area contributed by atoms with E-state index in [0.29, 0.717) is 18.5 Å². The lowest BCUT2D eigenvalue weighted by Crippen LogP contribution is -2.24. The molecule has 0 bridgehead atoms. The first kappa shape index (κ1) is 23.9. The molecule has 4 nitrogen and oxygen atoms in total. The average Bonchev–Trinajstić information content (AvgIpc) is 3.19. The van der Waals surface area contributed by atoms with Gasteiger partial charge < -0.3 is 5.32 Å². The van der Waals surface area contributed by atoms with E-state index in [1.807, 2.05) is 51.1 Å². The number of aromatic nitrogens is 2. The molecular weight excluding hydrogens is 413 g/mol. The van der Waals surface area contributed by atoms with Crippen LogP contribution in [0.2, 0.25) is 0 Å². The fourth-order valence-corrected chi connectivity index (χ4v) is 3.42. The van der Waals surface area contributed by atoms with Gasteiger partial charge in [0, 0.05) is 23.4 Å². The van der Waals surface area contributed by atoms with Gasteiger partial charge in [0.05, 0.1) is 11.9 Å². The highest BCUT2D eigenvalue weighted by Gasteiger charge is 2.18. The van der Waals surface area contributed by atoms with Crippen molar-refractivity contribution >= 4 is 17.1 Å². The molecule has 0 aliphatic rings. The van der Waals surface area contributed by atoms with Crippen molar-refractivity contribution in [3.8, 4) is 5.69 Å². The number of carbonyl (C=O) groups excluding carboxylic acids is 1. The summed E-state index contributed by atoms with van der Waals surface area (Å²) in [6.45, 7) is 14.3. The lowest BCUT2D eigenvalue weighted by Gasteiger charge is -2.11. The maximum Gasteiger partial charge on any atom is 0.251 e. The number of hydrogen-bond acceptors (Lipinski definition) is 2. The van der Waals surface area contributed by atoms with E-state index >= 15 is 0 Å². The highest BCUT2D eigenvalue weighted by molar-refractivity contribution is 6.19. The molecule has 0 saturated carbocycles. The SMILES string of the molecule is C=C(CC)CC=C(C(=O)NCc1ccc(C(=C)C)cc1)c1cnn(-c2ccc(F)cc2)c1C. The van der Waals surface area contributed by atoms with Crippen LogP contribution in [0, 0.1) is 12.7 Å². The molecule has 0 unspecified atom stereocenters. The average molecular weight is 444 g/mol. The summed E-state index contributed by atoms with van der Waals surface area (Å²) in [5.74, 6) is -0.484. The first-order valence-corrected chi connectivity index (χ1v) is 11.0. The summed E-state index contributed by atoms with van der Waals surface area (Å²) >= 11 is 0. The maximum atomic E-state index is 13.3. The predicted octanol–water partition coefficient (Wildman–Crippen LogP) is 6.41. The van der Waals surface area contributed by atoms with E-state index in [2.05, 4.69) is 23.6 Å². The van der Waals surface area contributed by atoms with Gasteiger partial charge in [-0.3, -0.25) is 4.79 Å². The van der Waals surface area contributed by atoms with E-state index in [0.717, 1.165) is 45.6 Å². The molecule has 0 radical (unpaired) electrons. The van der Waals surface area contributed by atoms with Crippen LogP contribution in [0.1, 0.15) is 49.1 Å². The predicted molar refractivity (Wildman–Crippen MR) is 133 cm³/mol. The summed E-state index contributed by atoms with van der Waals surface area (Å²) in [6.07, 6.45) is 5.03. The number of nitrogens with zero attached hydrogens (tertiary/aromatic N) is 2. The molecule has 1 amide bonds. The van der Waals surface area contributed by atoms with Crippen molar-refractivity contribution in [3.05, 3.63) is 108 Å². The summed E-state index contributed by atoms with van der Waals surface area (Å²) < 4.78 is 15.0. The van der Waals surface area contributed by atoms with E-state index < -0.39 is 0 Å². The molecule has 33 heavy (non-hydrogen) atoms. The van der Waals surface area contributed by atoms with E-state index in [4.69, 9.17) is 0 Å². The van der Waals surface area contributed by atoms with E-state index in [9.17, 15) is 9.18 Å². The molecular formula is C28H30FN3O. The zero-order valence-electron chi connectivity index (χ0n) is 19.5. The summed E-state index contributed by atoms with van der Waals surface area (Å²) in [7, 11) is 0. The number of carbonyl (C=O) groups is 1. The van der Waals surface area contributed by atoms with Gasteiger partial charge in [0.1, 0.15) is 5.82 Å². The fourth-order valence-electron chi connectivity index (χ4n) is 3.42. The van der Waals surface area contributed by atoms with E-state index in [-0.39, 0.29) is 11.7 Å². The van der Waals surface area contributed by atoms with Crippen LogP contribution in [0.3, 0.4) is 0 Å². The van der Waals surface area contributed by atoms with Crippen molar-refractivity contribution in [1.29, 1.82) is 0 Å². The molecule has 0 aliphatic carbocycles. The van der Waals surface area contributed by atoms with Gasteiger partial charge in [0.25, 0.3) is 5.91 Å². The Balaban J connectivity index is 1.85. The van der Waals surface area contributed by atoms with Gasteiger partial charge >= 0.3 is 0 Å². The minimum absolute atomic E-state index is 0.176. The normalized spacial score (nSPS) is 11.3. The fraction of sp³-hybridized carbons (Fsp3) is 0.214. The molecule has 3 aromatic rings.